The van der Waals surface area contributed by atoms with Crippen molar-refractivity contribution in [3.05, 3.63) is 29.6 Å². The van der Waals surface area contributed by atoms with Crippen molar-refractivity contribution in [2.24, 2.45) is 0 Å². The lowest BCUT2D eigenvalue weighted by Crippen LogP contribution is -2.29. The molecule has 0 fully saturated rings. The van der Waals surface area contributed by atoms with Crippen molar-refractivity contribution in [3.63, 3.8) is 0 Å². The second-order valence-corrected chi connectivity index (χ2v) is 4.98. The van der Waals surface area contributed by atoms with Gasteiger partial charge < -0.3 is 10.0 Å². The summed E-state index contributed by atoms with van der Waals surface area (Å²) in [6.07, 6.45) is 0.232. The highest BCUT2D eigenvalue weighted by Gasteiger charge is 2.13. The third-order valence-electron chi connectivity index (χ3n) is 2.51. The molecule has 0 aliphatic rings. The Kier molecular flexibility index (Phi) is 6.00. The number of hydrogen-bond donors (Lipinski definition) is 1. The number of carbonyl (C=O) groups excluding carboxylic acids is 1. The van der Waals surface area contributed by atoms with Gasteiger partial charge in [-0.1, -0.05) is 0 Å². The van der Waals surface area contributed by atoms with E-state index in [0.717, 1.165) is 17.8 Å². The van der Waals surface area contributed by atoms with E-state index in [9.17, 15) is 14.0 Å². The van der Waals surface area contributed by atoms with Crippen LogP contribution in [0.2, 0.25) is 0 Å². The minimum Gasteiger partial charge on any atom is -0.478 e. The number of carboxylic acid groups (broad SMARTS) is 1. The number of amides is 1. The molecule has 0 unspecified atom stereocenters. The van der Waals surface area contributed by atoms with Crippen LogP contribution in [0.4, 0.5) is 4.39 Å². The summed E-state index contributed by atoms with van der Waals surface area (Å²) in [7, 11) is 1.56. The number of benzene rings is 1. The topological polar surface area (TPSA) is 81.4 Å². The molecule has 5 nitrogen and oxygen atoms in total. The maximum absolute atomic E-state index is 13.5. The predicted molar refractivity (Wildman–Crippen MR) is 72.0 cm³/mol. The maximum atomic E-state index is 13.5. The number of nitriles is 1. The molecule has 1 amide bonds. The van der Waals surface area contributed by atoms with Crippen LogP contribution in [-0.2, 0) is 4.79 Å². The third-order valence-corrected chi connectivity index (χ3v) is 3.53. The molecule has 106 valence electrons. The van der Waals surface area contributed by atoms with E-state index in [2.05, 4.69) is 0 Å². The largest absolute Gasteiger partial charge is 0.478 e. The fourth-order valence-corrected chi connectivity index (χ4v) is 2.25. The van der Waals surface area contributed by atoms with E-state index in [4.69, 9.17) is 10.4 Å². The van der Waals surface area contributed by atoms with Crippen LogP contribution < -0.4 is 0 Å². The third kappa shape index (κ3) is 4.55. The number of nitrogens with zero attached hydrogens (tertiary/aromatic N) is 2. The molecule has 0 spiro atoms. The van der Waals surface area contributed by atoms with E-state index >= 15 is 0 Å². The molecule has 0 bridgehead atoms. The van der Waals surface area contributed by atoms with Crippen LogP contribution in [0.3, 0.4) is 0 Å². The summed E-state index contributed by atoms with van der Waals surface area (Å²) in [4.78, 5) is 24.0. The lowest BCUT2D eigenvalue weighted by Gasteiger charge is -2.15. The van der Waals surface area contributed by atoms with Gasteiger partial charge in [0, 0.05) is 18.5 Å². The minimum absolute atomic E-state index is 0.0120. The quantitative estimate of drug-likeness (QED) is 0.812. The Hall–Kier alpha value is -2.07. The van der Waals surface area contributed by atoms with Crippen LogP contribution in [0, 0.1) is 17.1 Å². The fourth-order valence-electron chi connectivity index (χ4n) is 1.34. The van der Waals surface area contributed by atoms with E-state index in [1.54, 1.807) is 7.05 Å². The zero-order valence-corrected chi connectivity index (χ0v) is 11.6. The van der Waals surface area contributed by atoms with Gasteiger partial charge >= 0.3 is 5.97 Å². The van der Waals surface area contributed by atoms with E-state index in [0.29, 0.717) is 6.54 Å². The van der Waals surface area contributed by atoms with Crippen LogP contribution in [0.1, 0.15) is 16.8 Å². The first kappa shape index (κ1) is 16.0. The van der Waals surface area contributed by atoms with Crippen LogP contribution in [-0.4, -0.2) is 41.2 Å². The van der Waals surface area contributed by atoms with E-state index < -0.39 is 11.8 Å². The first-order valence-corrected chi connectivity index (χ1v) is 6.71. The molecular weight excluding hydrogens is 283 g/mol. The molecule has 20 heavy (non-hydrogen) atoms. The zero-order chi connectivity index (χ0) is 15.1. The second kappa shape index (κ2) is 7.50. The molecule has 0 heterocycles. The molecule has 1 aromatic rings. The van der Waals surface area contributed by atoms with Crippen molar-refractivity contribution < 1.29 is 19.1 Å². The van der Waals surface area contributed by atoms with Gasteiger partial charge in [-0.25, -0.2) is 9.18 Å². The SMILES string of the molecule is CN(CCC#N)C(=O)CSc1cc(C(=O)O)ccc1F. The van der Waals surface area contributed by atoms with Crippen molar-refractivity contribution in [1.29, 1.82) is 5.26 Å². The molecule has 0 aromatic heterocycles. The summed E-state index contributed by atoms with van der Waals surface area (Å²) in [6, 6.07) is 5.36. The average Bonchev–Trinajstić information content (AvgIpc) is 2.43. The molecule has 0 saturated carbocycles. The summed E-state index contributed by atoms with van der Waals surface area (Å²) in [5.41, 5.74) is -0.0285. The van der Waals surface area contributed by atoms with Crippen LogP contribution in [0.5, 0.6) is 0 Å². The van der Waals surface area contributed by atoms with E-state index in [1.165, 1.54) is 17.0 Å². The second-order valence-electron chi connectivity index (χ2n) is 3.96. The van der Waals surface area contributed by atoms with E-state index in [-0.39, 0.29) is 28.5 Å². The van der Waals surface area contributed by atoms with Gasteiger partial charge in [0.15, 0.2) is 0 Å². The number of rotatable bonds is 6. The normalized spacial score (nSPS) is 9.85. The van der Waals surface area contributed by atoms with Gasteiger partial charge in [0.2, 0.25) is 5.91 Å². The van der Waals surface area contributed by atoms with Gasteiger partial charge in [-0.2, -0.15) is 5.26 Å². The number of hydrogen-bond acceptors (Lipinski definition) is 4. The summed E-state index contributed by atoms with van der Waals surface area (Å²) in [5.74, 6) is -1.97. The Balaban J connectivity index is 2.65. The molecule has 0 saturated heterocycles. The maximum Gasteiger partial charge on any atom is 0.335 e. The number of halogens is 1. The van der Waals surface area contributed by atoms with Crippen LogP contribution >= 0.6 is 11.8 Å². The molecule has 0 radical (unpaired) electrons. The molecule has 7 heteroatoms. The number of carboxylic acids is 1. The standard InChI is InChI=1S/C13H13FN2O3S/c1-16(6-2-5-15)12(17)8-20-11-7-9(13(18)19)3-4-10(11)14/h3-4,7H,2,6,8H2,1H3,(H,18,19). The molecule has 0 atom stereocenters. The van der Waals surface area contributed by atoms with Gasteiger partial charge in [-0.3, -0.25) is 4.79 Å². The Morgan fingerprint density at radius 2 is 2.20 bits per heavy atom. The number of aromatic carboxylic acids is 1. The molecule has 0 aliphatic carbocycles. The lowest BCUT2D eigenvalue weighted by atomic mass is 10.2. The van der Waals surface area contributed by atoms with Crippen molar-refractivity contribution in [1.82, 2.24) is 4.90 Å². The smallest absolute Gasteiger partial charge is 0.335 e. The van der Waals surface area contributed by atoms with Gasteiger partial charge in [0.1, 0.15) is 5.82 Å². The summed E-state index contributed by atoms with van der Waals surface area (Å²) in [5, 5.41) is 17.3. The van der Waals surface area contributed by atoms with Gasteiger partial charge in [-0.15, -0.1) is 11.8 Å². The Labute approximate surface area is 120 Å². The van der Waals surface area contributed by atoms with Crippen molar-refractivity contribution in [2.75, 3.05) is 19.3 Å². The fraction of sp³-hybridized carbons (Fsp3) is 0.308. The Morgan fingerprint density at radius 3 is 2.80 bits per heavy atom. The van der Waals surface area contributed by atoms with E-state index in [1.807, 2.05) is 6.07 Å². The Morgan fingerprint density at radius 1 is 1.50 bits per heavy atom. The van der Waals surface area contributed by atoms with Crippen molar-refractivity contribution in [2.45, 2.75) is 11.3 Å². The lowest BCUT2D eigenvalue weighted by molar-refractivity contribution is -0.127. The molecule has 1 aromatic carbocycles. The number of carbonyl (C=O) groups is 2. The first-order chi connectivity index (χ1) is 9.45. The van der Waals surface area contributed by atoms with Crippen LogP contribution in [0.15, 0.2) is 23.1 Å². The summed E-state index contributed by atoms with van der Waals surface area (Å²) in [6.45, 7) is 0.313. The van der Waals surface area contributed by atoms with Crippen molar-refractivity contribution in [3.8, 4) is 6.07 Å². The predicted octanol–water partition coefficient (Wildman–Crippen LogP) is 1.99. The van der Waals surface area contributed by atoms with Crippen LogP contribution in [0.25, 0.3) is 0 Å². The summed E-state index contributed by atoms with van der Waals surface area (Å²) >= 11 is 0.936. The van der Waals surface area contributed by atoms with Gasteiger partial charge in [-0.05, 0) is 18.2 Å². The average molecular weight is 296 g/mol. The highest BCUT2D eigenvalue weighted by Crippen LogP contribution is 2.23. The van der Waals surface area contributed by atoms with Gasteiger partial charge in [0.25, 0.3) is 0 Å². The highest BCUT2D eigenvalue weighted by atomic mass is 32.2. The zero-order valence-electron chi connectivity index (χ0n) is 10.8. The highest BCUT2D eigenvalue weighted by molar-refractivity contribution is 8.00. The molecule has 0 aliphatic heterocycles. The minimum atomic E-state index is -1.15. The molecular formula is C13H13FN2O3S. The molecule has 1 rings (SSSR count). The van der Waals surface area contributed by atoms with Crippen molar-refractivity contribution >= 4 is 23.6 Å². The monoisotopic (exact) mass is 296 g/mol. The summed E-state index contributed by atoms with van der Waals surface area (Å²) < 4.78 is 13.5. The number of thioether (sulfide) groups is 1. The molecule has 1 N–H and O–H groups in total. The van der Waals surface area contributed by atoms with Gasteiger partial charge in [0.05, 0.1) is 23.8 Å². The Bertz CT molecular complexity index is 557. The first-order valence-electron chi connectivity index (χ1n) is 5.72.